The first-order valence-electron chi connectivity index (χ1n) is 18.7. The van der Waals surface area contributed by atoms with Crippen LogP contribution in [0.1, 0.15) is 0 Å². The van der Waals surface area contributed by atoms with Crippen molar-refractivity contribution in [3.8, 4) is 66.8 Å². The maximum atomic E-state index is 2.44. The van der Waals surface area contributed by atoms with Crippen LogP contribution in [0.2, 0.25) is 0 Å². The quantitative estimate of drug-likeness (QED) is 0.153. The van der Waals surface area contributed by atoms with E-state index in [1.807, 2.05) is 0 Å². The standard InChI is InChI=1S/C54H36/c1-3-15-37(16-4-1)39-27-30-40(31-28-39)45-21-9-10-22-47(45)52-36-44(33-34-46(52)43-32-29-38-17-7-8-20-42(38)35-43)54-50-25-13-11-23-48(50)53(41-18-5-2-6-19-41)49-24-12-14-26-51(49)54/h1-36H. The maximum absolute atomic E-state index is 2.44. The van der Waals surface area contributed by atoms with Crippen molar-refractivity contribution in [1.29, 1.82) is 0 Å². The van der Waals surface area contributed by atoms with Crippen LogP contribution in [0.25, 0.3) is 99.1 Å². The molecule has 0 aliphatic rings. The van der Waals surface area contributed by atoms with Gasteiger partial charge in [-0.25, -0.2) is 0 Å². The summed E-state index contributed by atoms with van der Waals surface area (Å²) < 4.78 is 0. The van der Waals surface area contributed by atoms with E-state index < -0.39 is 0 Å². The van der Waals surface area contributed by atoms with Gasteiger partial charge >= 0.3 is 0 Å². The van der Waals surface area contributed by atoms with E-state index in [9.17, 15) is 0 Å². The molecule has 10 rings (SSSR count). The molecule has 10 aromatic carbocycles. The van der Waals surface area contributed by atoms with E-state index in [1.165, 1.54) is 99.1 Å². The van der Waals surface area contributed by atoms with E-state index in [0.29, 0.717) is 0 Å². The van der Waals surface area contributed by atoms with E-state index >= 15 is 0 Å². The lowest BCUT2D eigenvalue weighted by Crippen LogP contribution is -1.93. The SMILES string of the molecule is c1ccc(-c2ccc(-c3ccccc3-c3cc(-c4c5ccccc5c(-c5ccccc5)c5ccccc45)ccc3-c3ccc4ccccc4c3)cc2)cc1. The van der Waals surface area contributed by atoms with Crippen molar-refractivity contribution in [3.05, 3.63) is 218 Å². The number of rotatable bonds is 6. The second-order valence-corrected chi connectivity index (χ2v) is 14.0. The number of hydrogen-bond acceptors (Lipinski definition) is 0. The van der Waals surface area contributed by atoms with Crippen molar-refractivity contribution in [2.45, 2.75) is 0 Å². The zero-order valence-corrected chi connectivity index (χ0v) is 29.8. The first kappa shape index (κ1) is 31.7. The number of fused-ring (bicyclic) bond motifs is 3. The highest BCUT2D eigenvalue weighted by Gasteiger charge is 2.19. The molecule has 0 N–H and O–H groups in total. The highest BCUT2D eigenvalue weighted by molar-refractivity contribution is 6.21. The lowest BCUT2D eigenvalue weighted by Gasteiger charge is -2.20. The summed E-state index contributed by atoms with van der Waals surface area (Å²) in [6, 6.07) is 79.8. The lowest BCUT2D eigenvalue weighted by molar-refractivity contribution is 1.56. The van der Waals surface area contributed by atoms with Crippen LogP contribution >= 0.6 is 0 Å². The molecular weight excluding hydrogens is 649 g/mol. The van der Waals surface area contributed by atoms with Crippen LogP contribution in [0.15, 0.2) is 218 Å². The van der Waals surface area contributed by atoms with E-state index in [2.05, 4.69) is 218 Å². The van der Waals surface area contributed by atoms with Gasteiger partial charge in [-0.2, -0.15) is 0 Å². The van der Waals surface area contributed by atoms with Crippen LogP contribution in [0, 0.1) is 0 Å². The Morgan fingerprint density at radius 2 is 0.611 bits per heavy atom. The molecule has 252 valence electrons. The van der Waals surface area contributed by atoms with Gasteiger partial charge in [-0.1, -0.05) is 206 Å². The fourth-order valence-electron chi connectivity index (χ4n) is 8.33. The zero-order valence-electron chi connectivity index (χ0n) is 29.8. The van der Waals surface area contributed by atoms with Gasteiger partial charge in [-0.05, 0) is 111 Å². The van der Waals surface area contributed by atoms with Gasteiger partial charge in [-0.3, -0.25) is 0 Å². The third kappa shape index (κ3) is 5.57. The molecule has 0 bridgehead atoms. The molecule has 0 radical (unpaired) electrons. The van der Waals surface area contributed by atoms with Crippen molar-refractivity contribution in [3.63, 3.8) is 0 Å². The summed E-state index contributed by atoms with van der Waals surface area (Å²) in [5.74, 6) is 0. The first-order valence-corrected chi connectivity index (χ1v) is 18.7. The predicted molar refractivity (Wildman–Crippen MR) is 232 cm³/mol. The molecular formula is C54H36. The van der Waals surface area contributed by atoms with Gasteiger partial charge in [0.05, 0.1) is 0 Å². The molecule has 0 nitrogen and oxygen atoms in total. The molecule has 0 saturated carbocycles. The summed E-state index contributed by atoms with van der Waals surface area (Å²) in [6.07, 6.45) is 0. The van der Waals surface area contributed by atoms with Crippen molar-refractivity contribution in [1.82, 2.24) is 0 Å². The Kier molecular flexibility index (Phi) is 7.93. The number of hydrogen-bond donors (Lipinski definition) is 0. The molecule has 0 heterocycles. The van der Waals surface area contributed by atoms with Gasteiger partial charge in [0.1, 0.15) is 0 Å². The first-order chi connectivity index (χ1) is 26.8. The molecule has 0 atom stereocenters. The van der Waals surface area contributed by atoms with Crippen LogP contribution in [0.3, 0.4) is 0 Å². The van der Waals surface area contributed by atoms with Gasteiger partial charge < -0.3 is 0 Å². The van der Waals surface area contributed by atoms with Gasteiger partial charge in [0.15, 0.2) is 0 Å². The lowest BCUT2D eigenvalue weighted by atomic mass is 9.83. The summed E-state index contributed by atoms with van der Waals surface area (Å²) in [5.41, 5.74) is 14.7. The van der Waals surface area contributed by atoms with Crippen LogP contribution in [-0.2, 0) is 0 Å². The second kappa shape index (κ2) is 13.5. The average Bonchev–Trinajstić information content (AvgIpc) is 3.26. The number of benzene rings is 10. The van der Waals surface area contributed by atoms with Gasteiger partial charge in [0, 0.05) is 0 Å². The molecule has 0 saturated heterocycles. The van der Waals surface area contributed by atoms with E-state index in [-0.39, 0.29) is 0 Å². The Hall–Kier alpha value is -7.02. The summed E-state index contributed by atoms with van der Waals surface area (Å²) in [6.45, 7) is 0. The van der Waals surface area contributed by atoms with Gasteiger partial charge in [-0.15, -0.1) is 0 Å². The van der Waals surface area contributed by atoms with Crippen LogP contribution in [-0.4, -0.2) is 0 Å². The van der Waals surface area contributed by atoms with Crippen molar-refractivity contribution >= 4 is 32.3 Å². The van der Waals surface area contributed by atoms with Gasteiger partial charge in [0.2, 0.25) is 0 Å². The Labute approximate surface area is 316 Å². The van der Waals surface area contributed by atoms with E-state index in [4.69, 9.17) is 0 Å². The fourth-order valence-corrected chi connectivity index (χ4v) is 8.33. The molecule has 54 heavy (non-hydrogen) atoms. The molecule has 10 aromatic rings. The van der Waals surface area contributed by atoms with Crippen molar-refractivity contribution in [2.75, 3.05) is 0 Å². The minimum absolute atomic E-state index is 1.20. The average molecular weight is 685 g/mol. The van der Waals surface area contributed by atoms with Crippen molar-refractivity contribution in [2.24, 2.45) is 0 Å². The monoisotopic (exact) mass is 684 g/mol. The van der Waals surface area contributed by atoms with E-state index in [0.717, 1.165) is 0 Å². The Balaban J connectivity index is 1.23. The summed E-state index contributed by atoms with van der Waals surface area (Å²) in [5, 5.41) is 7.51. The van der Waals surface area contributed by atoms with Crippen molar-refractivity contribution < 1.29 is 0 Å². The summed E-state index contributed by atoms with van der Waals surface area (Å²) >= 11 is 0. The molecule has 0 aromatic heterocycles. The highest BCUT2D eigenvalue weighted by Crippen LogP contribution is 2.46. The van der Waals surface area contributed by atoms with E-state index in [1.54, 1.807) is 0 Å². The topological polar surface area (TPSA) is 0 Å². The smallest absolute Gasteiger partial charge is 0.00261 e. The third-order valence-corrected chi connectivity index (χ3v) is 10.9. The van der Waals surface area contributed by atoms with Crippen LogP contribution < -0.4 is 0 Å². The Bertz CT molecular complexity index is 2900. The molecule has 0 aliphatic carbocycles. The Morgan fingerprint density at radius 3 is 1.26 bits per heavy atom. The molecule has 0 spiro atoms. The van der Waals surface area contributed by atoms with Crippen LogP contribution in [0.5, 0.6) is 0 Å². The minimum atomic E-state index is 1.20. The minimum Gasteiger partial charge on any atom is -0.0622 e. The summed E-state index contributed by atoms with van der Waals surface area (Å²) in [7, 11) is 0. The third-order valence-electron chi connectivity index (χ3n) is 10.9. The summed E-state index contributed by atoms with van der Waals surface area (Å²) in [4.78, 5) is 0. The van der Waals surface area contributed by atoms with Crippen LogP contribution in [0.4, 0.5) is 0 Å². The second-order valence-electron chi connectivity index (χ2n) is 14.0. The normalized spacial score (nSPS) is 11.3. The largest absolute Gasteiger partial charge is 0.0622 e. The maximum Gasteiger partial charge on any atom is -0.00261 e. The predicted octanol–water partition coefficient (Wildman–Crippen LogP) is 15.1. The molecule has 0 amide bonds. The fraction of sp³-hybridized carbons (Fsp3) is 0. The zero-order chi connectivity index (χ0) is 35.8. The molecule has 0 unspecified atom stereocenters. The molecule has 0 aliphatic heterocycles. The Morgan fingerprint density at radius 1 is 0.185 bits per heavy atom. The highest BCUT2D eigenvalue weighted by atomic mass is 14.2. The molecule has 0 heteroatoms. The molecule has 0 fully saturated rings. The van der Waals surface area contributed by atoms with Gasteiger partial charge in [0.25, 0.3) is 0 Å².